The highest BCUT2D eigenvalue weighted by atomic mass is 16.4. The Morgan fingerprint density at radius 1 is 0.290 bits per heavy atom. The largest absolute Gasteiger partial charge is 0.436 e. The van der Waals surface area contributed by atoms with Crippen LogP contribution in [0.1, 0.15) is 0 Å². The number of benzene rings is 9. The minimum atomic E-state index is 0.628. The summed E-state index contributed by atoms with van der Waals surface area (Å²) >= 11 is 0. The Morgan fingerprint density at radius 2 is 0.694 bits per heavy atom. The molecule has 290 valence electrons. The summed E-state index contributed by atoms with van der Waals surface area (Å²) in [4.78, 5) is 9.54. The van der Waals surface area contributed by atoms with E-state index in [9.17, 15) is 0 Å². The van der Waals surface area contributed by atoms with Crippen molar-refractivity contribution in [1.82, 2.24) is 19.1 Å². The number of hydrogen-bond donors (Lipinski definition) is 0. The first-order valence-corrected chi connectivity index (χ1v) is 20.8. The van der Waals surface area contributed by atoms with Gasteiger partial charge in [0.1, 0.15) is 11.0 Å². The fourth-order valence-corrected chi connectivity index (χ4v) is 9.24. The number of oxazole rings is 2. The zero-order valence-electron chi connectivity index (χ0n) is 33.2. The van der Waals surface area contributed by atoms with Gasteiger partial charge in [-0.15, -0.1) is 0 Å². The molecule has 13 aromatic rings. The molecule has 9 aromatic carbocycles. The standard InChI is InChI=1S/C56H34N4O2/c1-5-16-49-43(12-1)45-33-39(55-57-47-14-3-7-18-53(47)61-55)24-30-51(45)59(49)41-26-20-35(21-27-41)37-10-9-11-38(32-37)36-22-28-42(29-23-36)60-50-17-6-2-13-44(50)46-34-40(25-31-52(46)60)56-58-48-15-4-8-19-54(48)62-56/h1-34H. The highest BCUT2D eigenvalue weighted by Crippen LogP contribution is 2.38. The molecule has 0 atom stereocenters. The van der Waals surface area contributed by atoms with E-state index in [4.69, 9.17) is 18.8 Å². The molecule has 4 aromatic heterocycles. The highest BCUT2D eigenvalue weighted by Gasteiger charge is 2.18. The summed E-state index contributed by atoms with van der Waals surface area (Å²) in [5.74, 6) is 1.26. The molecule has 62 heavy (non-hydrogen) atoms. The van der Waals surface area contributed by atoms with Gasteiger partial charge in [0.05, 0.1) is 22.1 Å². The summed E-state index contributed by atoms with van der Waals surface area (Å²) in [6, 6.07) is 72.5. The minimum Gasteiger partial charge on any atom is -0.436 e. The Kier molecular flexibility index (Phi) is 7.50. The topological polar surface area (TPSA) is 61.9 Å². The van der Waals surface area contributed by atoms with Gasteiger partial charge < -0.3 is 18.0 Å². The zero-order valence-corrected chi connectivity index (χ0v) is 33.2. The average Bonchev–Trinajstić information content (AvgIpc) is 4.12. The SMILES string of the molecule is c1cc(-c2ccc(-n3c4ccccc4c4cc(-c5nc6ccccc6o5)ccc43)cc2)cc(-c2ccc(-n3c4ccccc4c4cc(-c5nc6ccccc6o5)ccc43)cc2)c1. The molecule has 0 fully saturated rings. The first-order valence-electron chi connectivity index (χ1n) is 20.8. The van der Waals surface area contributed by atoms with Crippen molar-refractivity contribution in [3.8, 4) is 56.5 Å². The number of rotatable bonds is 6. The Labute approximate surface area is 355 Å². The smallest absolute Gasteiger partial charge is 0.227 e. The van der Waals surface area contributed by atoms with Gasteiger partial charge in [-0.3, -0.25) is 0 Å². The molecule has 0 radical (unpaired) electrons. The molecule has 0 saturated heterocycles. The summed E-state index contributed by atoms with van der Waals surface area (Å²) in [7, 11) is 0. The van der Waals surface area contributed by atoms with Crippen molar-refractivity contribution in [3.05, 3.63) is 206 Å². The van der Waals surface area contributed by atoms with Crippen molar-refractivity contribution < 1.29 is 8.83 Å². The summed E-state index contributed by atoms with van der Waals surface area (Å²) in [5, 5.41) is 4.69. The van der Waals surface area contributed by atoms with Crippen LogP contribution in [0.3, 0.4) is 0 Å². The van der Waals surface area contributed by atoms with Crippen molar-refractivity contribution >= 4 is 65.8 Å². The summed E-state index contributed by atoms with van der Waals surface area (Å²) in [6.45, 7) is 0. The predicted molar refractivity (Wildman–Crippen MR) is 252 cm³/mol. The van der Waals surface area contributed by atoms with Gasteiger partial charge in [0.25, 0.3) is 0 Å². The zero-order chi connectivity index (χ0) is 40.7. The lowest BCUT2D eigenvalue weighted by molar-refractivity contribution is 0.619. The highest BCUT2D eigenvalue weighted by molar-refractivity contribution is 6.11. The van der Waals surface area contributed by atoms with Crippen molar-refractivity contribution in [2.24, 2.45) is 0 Å². The molecule has 0 amide bonds. The molecule has 0 saturated carbocycles. The second-order valence-electron chi connectivity index (χ2n) is 15.8. The molecule has 0 bridgehead atoms. The van der Waals surface area contributed by atoms with E-state index in [1.165, 1.54) is 21.9 Å². The van der Waals surface area contributed by atoms with Gasteiger partial charge in [0.2, 0.25) is 11.8 Å². The van der Waals surface area contributed by atoms with E-state index in [0.29, 0.717) is 11.8 Å². The van der Waals surface area contributed by atoms with Crippen molar-refractivity contribution in [1.29, 1.82) is 0 Å². The molecule has 0 aliphatic rings. The van der Waals surface area contributed by atoms with E-state index < -0.39 is 0 Å². The van der Waals surface area contributed by atoms with Crippen LogP contribution in [0.2, 0.25) is 0 Å². The maximum absolute atomic E-state index is 6.15. The normalized spacial score (nSPS) is 11.9. The van der Waals surface area contributed by atoms with E-state index in [1.54, 1.807) is 0 Å². The molecule has 6 heteroatoms. The Bertz CT molecular complexity index is 3550. The molecule has 0 aliphatic carbocycles. The van der Waals surface area contributed by atoms with Gasteiger partial charge in [-0.1, -0.05) is 103 Å². The monoisotopic (exact) mass is 794 g/mol. The maximum atomic E-state index is 6.15. The van der Waals surface area contributed by atoms with Gasteiger partial charge in [-0.25, -0.2) is 9.97 Å². The molecule has 0 aliphatic heterocycles. The first-order chi connectivity index (χ1) is 30.7. The van der Waals surface area contributed by atoms with Crippen LogP contribution >= 0.6 is 0 Å². The van der Waals surface area contributed by atoms with E-state index in [1.807, 2.05) is 48.5 Å². The number of nitrogens with zero attached hydrogens (tertiary/aromatic N) is 4. The number of para-hydroxylation sites is 6. The number of fused-ring (bicyclic) bond motifs is 8. The lowest BCUT2D eigenvalue weighted by Gasteiger charge is -2.11. The van der Waals surface area contributed by atoms with Gasteiger partial charge >= 0.3 is 0 Å². The van der Waals surface area contributed by atoms with Crippen LogP contribution in [0, 0.1) is 0 Å². The molecular formula is C56H34N4O2. The molecular weight excluding hydrogens is 761 g/mol. The number of hydrogen-bond acceptors (Lipinski definition) is 4. The maximum Gasteiger partial charge on any atom is 0.227 e. The fraction of sp³-hybridized carbons (Fsp3) is 0. The predicted octanol–water partition coefficient (Wildman–Crippen LogP) is 14.8. The second-order valence-corrected chi connectivity index (χ2v) is 15.8. The lowest BCUT2D eigenvalue weighted by atomic mass is 9.98. The molecule has 0 unspecified atom stereocenters. The molecule has 6 nitrogen and oxygen atoms in total. The molecule has 13 rings (SSSR count). The quantitative estimate of drug-likeness (QED) is 0.168. The van der Waals surface area contributed by atoms with Crippen LogP contribution in [0.4, 0.5) is 0 Å². The minimum absolute atomic E-state index is 0.628. The lowest BCUT2D eigenvalue weighted by Crippen LogP contribution is -1.94. The fourth-order valence-electron chi connectivity index (χ4n) is 9.24. The van der Waals surface area contributed by atoms with Crippen LogP contribution in [-0.2, 0) is 0 Å². The number of aromatic nitrogens is 4. The van der Waals surface area contributed by atoms with Gasteiger partial charge in [0.15, 0.2) is 11.2 Å². The molecule has 0 spiro atoms. The van der Waals surface area contributed by atoms with E-state index in [-0.39, 0.29) is 0 Å². The van der Waals surface area contributed by atoms with E-state index in [0.717, 1.165) is 88.7 Å². The van der Waals surface area contributed by atoms with E-state index in [2.05, 4.69) is 167 Å². The summed E-state index contributed by atoms with van der Waals surface area (Å²) < 4.78 is 17.0. The summed E-state index contributed by atoms with van der Waals surface area (Å²) in [6.07, 6.45) is 0. The van der Waals surface area contributed by atoms with Gasteiger partial charge in [0, 0.05) is 44.0 Å². The van der Waals surface area contributed by atoms with Crippen molar-refractivity contribution in [2.75, 3.05) is 0 Å². The third-order valence-corrected chi connectivity index (χ3v) is 12.2. The average molecular weight is 795 g/mol. The van der Waals surface area contributed by atoms with Crippen molar-refractivity contribution in [3.63, 3.8) is 0 Å². The Balaban J connectivity index is 0.815. The Hall–Kier alpha value is -8.48. The third kappa shape index (κ3) is 5.44. The van der Waals surface area contributed by atoms with Crippen LogP contribution < -0.4 is 0 Å². The van der Waals surface area contributed by atoms with Gasteiger partial charge in [-0.05, 0) is 125 Å². The Morgan fingerprint density at radius 3 is 1.16 bits per heavy atom. The van der Waals surface area contributed by atoms with Gasteiger partial charge in [-0.2, -0.15) is 0 Å². The second kappa shape index (κ2) is 13.5. The van der Waals surface area contributed by atoms with Crippen LogP contribution in [-0.4, -0.2) is 19.1 Å². The van der Waals surface area contributed by atoms with Crippen LogP contribution in [0.25, 0.3) is 122 Å². The third-order valence-electron chi connectivity index (χ3n) is 12.2. The summed E-state index contributed by atoms with van der Waals surface area (Å²) in [5.41, 5.74) is 16.7. The molecule has 4 heterocycles. The van der Waals surface area contributed by atoms with Crippen LogP contribution in [0.5, 0.6) is 0 Å². The van der Waals surface area contributed by atoms with Crippen LogP contribution in [0.15, 0.2) is 215 Å². The van der Waals surface area contributed by atoms with Crippen molar-refractivity contribution in [2.45, 2.75) is 0 Å². The molecule has 0 N–H and O–H groups in total. The first kappa shape index (κ1) is 34.4. The van der Waals surface area contributed by atoms with E-state index >= 15 is 0 Å².